The first-order chi connectivity index (χ1) is 17.8. The predicted molar refractivity (Wildman–Crippen MR) is 149 cm³/mol. The van der Waals surface area contributed by atoms with Crippen molar-refractivity contribution in [1.82, 2.24) is 19.4 Å². The van der Waals surface area contributed by atoms with Crippen LogP contribution in [-0.4, -0.2) is 65.1 Å². The molecule has 37 heavy (non-hydrogen) atoms. The second-order valence-corrected chi connectivity index (χ2v) is 8.95. The Morgan fingerprint density at radius 1 is 1.16 bits per heavy atom. The van der Waals surface area contributed by atoms with Crippen molar-refractivity contribution in [3.8, 4) is 22.8 Å². The number of benzene rings is 2. The third-order valence-electron chi connectivity index (χ3n) is 6.18. The lowest BCUT2D eigenvalue weighted by atomic mass is 10.1. The lowest BCUT2D eigenvalue weighted by Crippen LogP contribution is -2.21. The maximum Gasteiger partial charge on any atom is 0.227 e. The summed E-state index contributed by atoms with van der Waals surface area (Å²) >= 11 is 0. The van der Waals surface area contributed by atoms with E-state index in [1.165, 1.54) is 6.08 Å². The Kier molecular flexibility index (Phi) is 7.95. The van der Waals surface area contributed by atoms with Crippen LogP contribution in [0.5, 0.6) is 11.5 Å². The standard InChI is InChI=1S/C28H34N6O3/c1-7-26(35)30-22-16-21(24(36-6)17-25(22)37-15-14-33(3)4)32-28-29-13-12-20(31-28)27-18(2)34(5)23-11-9-8-10-19(23)27/h7-13,16-17,26,30,35H,1,14-15H2,2-6H3,(H,29,31,32). The molecule has 2 aromatic heterocycles. The summed E-state index contributed by atoms with van der Waals surface area (Å²) in [5, 5.41) is 17.6. The van der Waals surface area contributed by atoms with E-state index in [0.717, 1.165) is 34.4 Å². The molecule has 0 aliphatic heterocycles. The molecule has 0 amide bonds. The van der Waals surface area contributed by atoms with Crippen molar-refractivity contribution in [2.24, 2.45) is 7.05 Å². The number of ether oxygens (including phenoxy) is 2. The van der Waals surface area contributed by atoms with Crippen LogP contribution in [0.2, 0.25) is 0 Å². The van der Waals surface area contributed by atoms with Gasteiger partial charge >= 0.3 is 0 Å². The predicted octanol–water partition coefficient (Wildman–Crippen LogP) is 4.55. The molecule has 1 unspecified atom stereocenters. The van der Waals surface area contributed by atoms with Crippen LogP contribution >= 0.6 is 0 Å². The highest BCUT2D eigenvalue weighted by Crippen LogP contribution is 2.39. The van der Waals surface area contributed by atoms with Crippen molar-refractivity contribution < 1.29 is 14.6 Å². The topological polar surface area (TPSA) is 96.7 Å². The summed E-state index contributed by atoms with van der Waals surface area (Å²) in [7, 11) is 7.60. The minimum atomic E-state index is -0.952. The van der Waals surface area contributed by atoms with Gasteiger partial charge in [-0.05, 0) is 45.3 Å². The normalized spacial score (nSPS) is 12.0. The van der Waals surface area contributed by atoms with Gasteiger partial charge in [0, 0.05) is 48.0 Å². The summed E-state index contributed by atoms with van der Waals surface area (Å²) in [6, 6.07) is 13.8. The van der Waals surface area contributed by atoms with Crippen molar-refractivity contribution >= 4 is 28.2 Å². The van der Waals surface area contributed by atoms with Gasteiger partial charge in [0.25, 0.3) is 0 Å². The number of likely N-dealkylation sites (N-methyl/N-ethyl adjacent to an activating group) is 1. The van der Waals surface area contributed by atoms with Crippen LogP contribution in [0.25, 0.3) is 22.2 Å². The smallest absolute Gasteiger partial charge is 0.227 e. The number of nitrogens with one attached hydrogen (secondary N) is 2. The lowest BCUT2D eigenvalue weighted by molar-refractivity contribution is 0.246. The molecule has 0 aliphatic carbocycles. The molecular formula is C28H34N6O3. The average molecular weight is 503 g/mol. The molecule has 0 saturated heterocycles. The number of aromatic nitrogens is 3. The summed E-state index contributed by atoms with van der Waals surface area (Å²) in [5.74, 6) is 1.51. The number of aliphatic hydroxyl groups is 1. The van der Waals surface area contributed by atoms with E-state index < -0.39 is 6.23 Å². The number of hydrogen-bond donors (Lipinski definition) is 3. The Balaban J connectivity index is 1.70. The Morgan fingerprint density at radius 3 is 2.68 bits per heavy atom. The van der Waals surface area contributed by atoms with Gasteiger partial charge in [-0.2, -0.15) is 0 Å². The fourth-order valence-electron chi connectivity index (χ4n) is 4.14. The molecule has 9 heteroatoms. The van der Waals surface area contributed by atoms with Gasteiger partial charge < -0.3 is 34.7 Å². The van der Waals surface area contributed by atoms with Crippen molar-refractivity contribution in [1.29, 1.82) is 0 Å². The van der Waals surface area contributed by atoms with Gasteiger partial charge in [0.05, 0.1) is 24.2 Å². The van der Waals surface area contributed by atoms with Crippen molar-refractivity contribution in [2.75, 3.05) is 45.0 Å². The van der Waals surface area contributed by atoms with Crippen LogP contribution < -0.4 is 20.1 Å². The van der Waals surface area contributed by atoms with E-state index >= 15 is 0 Å². The number of methoxy groups -OCH3 is 1. The quantitative estimate of drug-likeness (QED) is 0.203. The molecule has 0 bridgehead atoms. The molecule has 2 heterocycles. The van der Waals surface area contributed by atoms with E-state index in [-0.39, 0.29) is 0 Å². The van der Waals surface area contributed by atoms with Crippen LogP contribution in [0.15, 0.2) is 61.3 Å². The van der Waals surface area contributed by atoms with E-state index in [0.29, 0.717) is 35.4 Å². The monoisotopic (exact) mass is 502 g/mol. The molecule has 4 rings (SSSR count). The molecule has 9 nitrogen and oxygen atoms in total. The molecule has 0 spiro atoms. The number of fused-ring (bicyclic) bond motifs is 1. The highest BCUT2D eigenvalue weighted by atomic mass is 16.5. The fourth-order valence-corrected chi connectivity index (χ4v) is 4.14. The minimum Gasteiger partial charge on any atom is -0.494 e. The van der Waals surface area contributed by atoms with Crippen LogP contribution in [-0.2, 0) is 7.05 Å². The Labute approximate surface area is 217 Å². The summed E-state index contributed by atoms with van der Waals surface area (Å²) < 4.78 is 13.8. The number of para-hydroxylation sites is 1. The number of nitrogens with zero attached hydrogens (tertiary/aromatic N) is 4. The van der Waals surface area contributed by atoms with Crippen LogP contribution in [0.4, 0.5) is 17.3 Å². The number of rotatable bonds is 11. The van der Waals surface area contributed by atoms with Gasteiger partial charge in [-0.3, -0.25) is 0 Å². The van der Waals surface area contributed by atoms with Gasteiger partial charge in [-0.15, -0.1) is 0 Å². The second kappa shape index (κ2) is 11.3. The Morgan fingerprint density at radius 2 is 1.95 bits per heavy atom. The van der Waals surface area contributed by atoms with Crippen molar-refractivity contribution in [3.05, 3.63) is 67.0 Å². The summed E-state index contributed by atoms with van der Waals surface area (Å²) in [5.41, 5.74) is 5.34. The van der Waals surface area contributed by atoms with E-state index in [1.54, 1.807) is 25.4 Å². The first-order valence-electron chi connectivity index (χ1n) is 12.0. The molecule has 2 aromatic carbocycles. The van der Waals surface area contributed by atoms with E-state index in [9.17, 15) is 5.11 Å². The third kappa shape index (κ3) is 5.68. The number of anilines is 3. The van der Waals surface area contributed by atoms with E-state index in [1.807, 2.05) is 37.2 Å². The maximum atomic E-state index is 10.2. The molecule has 3 N–H and O–H groups in total. The van der Waals surface area contributed by atoms with Gasteiger partial charge in [0.2, 0.25) is 5.95 Å². The molecule has 1 atom stereocenters. The lowest BCUT2D eigenvalue weighted by Gasteiger charge is -2.20. The first kappa shape index (κ1) is 26.0. The maximum absolute atomic E-state index is 10.2. The summed E-state index contributed by atoms with van der Waals surface area (Å²) in [6.45, 7) is 6.94. The van der Waals surface area contributed by atoms with Gasteiger partial charge in [-0.1, -0.05) is 24.8 Å². The Hall–Kier alpha value is -4.08. The second-order valence-electron chi connectivity index (χ2n) is 8.95. The van der Waals surface area contributed by atoms with Crippen LogP contribution in [0.3, 0.4) is 0 Å². The molecule has 0 radical (unpaired) electrons. The summed E-state index contributed by atoms with van der Waals surface area (Å²) in [6.07, 6.45) is 2.18. The van der Waals surface area contributed by atoms with Crippen molar-refractivity contribution in [3.63, 3.8) is 0 Å². The molecular weight excluding hydrogens is 468 g/mol. The fraction of sp³-hybridized carbons (Fsp3) is 0.286. The molecule has 0 saturated carbocycles. The molecule has 0 fully saturated rings. The number of aliphatic hydroxyl groups excluding tert-OH is 1. The molecule has 194 valence electrons. The number of aryl methyl sites for hydroxylation is 1. The summed E-state index contributed by atoms with van der Waals surface area (Å²) in [4.78, 5) is 11.3. The zero-order chi connectivity index (χ0) is 26.5. The van der Waals surface area contributed by atoms with Crippen LogP contribution in [0, 0.1) is 6.92 Å². The highest BCUT2D eigenvalue weighted by molar-refractivity contribution is 5.97. The zero-order valence-electron chi connectivity index (χ0n) is 21.9. The van der Waals surface area contributed by atoms with E-state index in [2.05, 4.69) is 52.9 Å². The van der Waals surface area contributed by atoms with E-state index in [4.69, 9.17) is 14.5 Å². The zero-order valence-corrected chi connectivity index (χ0v) is 21.9. The van der Waals surface area contributed by atoms with Gasteiger partial charge in [0.1, 0.15) is 24.3 Å². The SMILES string of the molecule is C=CC(O)Nc1cc(Nc2nccc(-c3c(C)n(C)c4ccccc34)n2)c(OC)cc1OCCN(C)C. The Bertz CT molecular complexity index is 1400. The minimum absolute atomic E-state index is 0.416. The molecule has 4 aromatic rings. The average Bonchev–Trinajstić information content (AvgIpc) is 3.14. The van der Waals surface area contributed by atoms with Gasteiger partial charge in [-0.25, -0.2) is 9.97 Å². The number of hydrogen-bond acceptors (Lipinski definition) is 8. The highest BCUT2D eigenvalue weighted by Gasteiger charge is 2.17. The van der Waals surface area contributed by atoms with Crippen LogP contribution in [0.1, 0.15) is 5.69 Å². The molecule has 0 aliphatic rings. The first-order valence-corrected chi connectivity index (χ1v) is 12.0. The van der Waals surface area contributed by atoms with Crippen molar-refractivity contribution in [2.45, 2.75) is 13.2 Å². The largest absolute Gasteiger partial charge is 0.494 e. The third-order valence-corrected chi connectivity index (χ3v) is 6.18. The van der Waals surface area contributed by atoms with Gasteiger partial charge in [0.15, 0.2) is 0 Å².